The standard InChI is InChI=1S/C33H51P/c1-24(2)27-19-21-28(22-20-27)32-31(25(3)4)18-13-23-33(32,26(5)6)34(29-14-9-7-10-15-29)30-16-11-8-12-17-30/h13,18-22,24-26,29-30H,7-12,14-17,23H2,1-6H3. The van der Waals surface area contributed by atoms with E-state index in [-0.39, 0.29) is 7.92 Å². The van der Waals surface area contributed by atoms with Gasteiger partial charge in [0.15, 0.2) is 0 Å². The molecule has 0 N–H and O–H groups in total. The van der Waals surface area contributed by atoms with E-state index < -0.39 is 0 Å². The largest absolute Gasteiger partial charge is 0.0888 e. The van der Waals surface area contributed by atoms with Gasteiger partial charge in [-0.2, -0.15) is 0 Å². The van der Waals surface area contributed by atoms with Gasteiger partial charge in [0.2, 0.25) is 0 Å². The lowest BCUT2D eigenvalue weighted by Gasteiger charge is -2.55. The van der Waals surface area contributed by atoms with Crippen LogP contribution in [-0.2, 0) is 0 Å². The monoisotopic (exact) mass is 478 g/mol. The molecule has 0 saturated heterocycles. The second kappa shape index (κ2) is 11.5. The van der Waals surface area contributed by atoms with Gasteiger partial charge in [-0.05, 0) is 83.4 Å². The molecule has 34 heavy (non-hydrogen) atoms. The van der Waals surface area contributed by atoms with Crippen molar-refractivity contribution in [2.45, 2.75) is 135 Å². The van der Waals surface area contributed by atoms with Crippen molar-refractivity contribution < 1.29 is 0 Å². The molecule has 0 aromatic heterocycles. The third-order valence-corrected chi connectivity index (χ3v) is 13.7. The van der Waals surface area contributed by atoms with E-state index in [4.69, 9.17) is 0 Å². The molecule has 0 aliphatic heterocycles. The molecule has 0 bridgehead atoms. The maximum absolute atomic E-state index is 2.60. The van der Waals surface area contributed by atoms with Crippen LogP contribution in [0, 0.1) is 11.8 Å². The molecule has 0 heterocycles. The fraction of sp³-hybridized carbons (Fsp3) is 0.697. The van der Waals surface area contributed by atoms with E-state index in [0.29, 0.717) is 22.9 Å². The average molecular weight is 479 g/mol. The molecular formula is C33H51P. The van der Waals surface area contributed by atoms with Crippen LogP contribution in [0.4, 0.5) is 0 Å². The van der Waals surface area contributed by atoms with Crippen molar-refractivity contribution in [2.75, 3.05) is 0 Å². The Morgan fingerprint density at radius 2 is 1.24 bits per heavy atom. The first-order chi connectivity index (χ1) is 16.4. The Morgan fingerprint density at radius 3 is 1.68 bits per heavy atom. The van der Waals surface area contributed by atoms with Gasteiger partial charge in [-0.1, -0.05) is 124 Å². The topological polar surface area (TPSA) is 0 Å². The summed E-state index contributed by atoms with van der Waals surface area (Å²) in [6, 6.07) is 9.85. The summed E-state index contributed by atoms with van der Waals surface area (Å²) in [6.07, 6.45) is 21.2. The van der Waals surface area contributed by atoms with Crippen LogP contribution in [0.25, 0.3) is 5.57 Å². The summed E-state index contributed by atoms with van der Waals surface area (Å²) in [7, 11) is -0.0824. The number of hydrogen-bond donors (Lipinski definition) is 0. The number of hydrogen-bond acceptors (Lipinski definition) is 0. The lowest BCUT2D eigenvalue weighted by Crippen LogP contribution is -2.43. The molecule has 3 aliphatic rings. The van der Waals surface area contributed by atoms with Crippen molar-refractivity contribution >= 4 is 13.5 Å². The molecule has 0 nitrogen and oxygen atoms in total. The average Bonchev–Trinajstić information content (AvgIpc) is 2.85. The van der Waals surface area contributed by atoms with Crippen LogP contribution in [0.1, 0.15) is 129 Å². The zero-order valence-corrected chi connectivity index (χ0v) is 24.0. The Balaban J connectivity index is 1.91. The zero-order valence-electron chi connectivity index (χ0n) is 23.1. The minimum Gasteiger partial charge on any atom is -0.0888 e. The highest BCUT2D eigenvalue weighted by atomic mass is 31.1. The van der Waals surface area contributed by atoms with Crippen molar-refractivity contribution in [2.24, 2.45) is 11.8 Å². The maximum Gasteiger partial charge on any atom is 0.0225 e. The van der Waals surface area contributed by atoms with Gasteiger partial charge in [0.05, 0.1) is 0 Å². The molecule has 1 unspecified atom stereocenters. The molecule has 1 aromatic carbocycles. The Hall–Kier alpha value is -0.870. The van der Waals surface area contributed by atoms with Gasteiger partial charge >= 0.3 is 0 Å². The smallest absolute Gasteiger partial charge is 0.0225 e. The fourth-order valence-corrected chi connectivity index (χ4v) is 12.6. The number of benzene rings is 1. The Morgan fingerprint density at radius 1 is 0.706 bits per heavy atom. The normalized spacial score (nSPS) is 25.4. The first-order valence-electron chi connectivity index (χ1n) is 14.7. The van der Waals surface area contributed by atoms with Crippen molar-refractivity contribution in [1.29, 1.82) is 0 Å². The van der Waals surface area contributed by atoms with Crippen molar-refractivity contribution in [3.05, 3.63) is 53.1 Å². The van der Waals surface area contributed by atoms with E-state index in [0.717, 1.165) is 11.3 Å². The Bertz CT molecular complexity index is 825. The zero-order chi connectivity index (χ0) is 24.3. The van der Waals surface area contributed by atoms with E-state index in [9.17, 15) is 0 Å². The molecule has 1 aromatic rings. The van der Waals surface area contributed by atoms with E-state index in [2.05, 4.69) is 78.0 Å². The third kappa shape index (κ3) is 5.14. The summed E-state index contributed by atoms with van der Waals surface area (Å²) < 4.78 is 0. The number of rotatable bonds is 7. The minimum absolute atomic E-state index is 0.0824. The van der Waals surface area contributed by atoms with E-state index >= 15 is 0 Å². The van der Waals surface area contributed by atoms with Gasteiger partial charge in [0.25, 0.3) is 0 Å². The second-order valence-corrected chi connectivity index (χ2v) is 15.5. The first-order valence-corrected chi connectivity index (χ1v) is 16.1. The van der Waals surface area contributed by atoms with Crippen molar-refractivity contribution in [3.8, 4) is 0 Å². The maximum atomic E-state index is 2.60. The van der Waals surface area contributed by atoms with Crippen LogP contribution >= 0.6 is 7.92 Å². The second-order valence-electron chi connectivity index (χ2n) is 12.4. The molecule has 0 spiro atoms. The highest BCUT2D eigenvalue weighted by Gasteiger charge is 2.51. The van der Waals surface area contributed by atoms with Crippen LogP contribution in [0.2, 0.25) is 0 Å². The molecule has 1 atom stereocenters. The van der Waals surface area contributed by atoms with Gasteiger partial charge in [-0.3, -0.25) is 0 Å². The van der Waals surface area contributed by atoms with Crippen molar-refractivity contribution in [3.63, 3.8) is 0 Å². The van der Waals surface area contributed by atoms with Crippen LogP contribution in [0.3, 0.4) is 0 Å². The highest BCUT2D eigenvalue weighted by molar-refractivity contribution is 7.61. The summed E-state index contributed by atoms with van der Waals surface area (Å²) in [5.74, 6) is 1.85. The summed E-state index contributed by atoms with van der Waals surface area (Å²) in [5.41, 5.74) is 8.34. The summed E-state index contributed by atoms with van der Waals surface area (Å²) >= 11 is 0. The summed E-state index contributed by atoms with van der Waals surface area (Å²) in [6.45, 7) is 14.7. The SMILES string of the molecule is CC(C)C1=C(c2ccc(C(C)C)cc2)C(C(C)C)(P(C2CCCCC2)C2CCCCC2)CC=C1. The number of allylic oxidation sites excluding steroid dienone is 4. The van der Waals surface area contributed by atoms with Crippen LogP contribution < -0.4 is 0 Å². The molecule has 0 radical (unpaired) electrons. The molecule has 3 aliphatic carbocycles. The molecule has 0 amide bonds. The van der Waals surface area contributed by atoms with Crippen LogP contribution in [0.15, 0.2) is 42.0 Å². The minimum atomic E-state index is -0.0824. The van der Waals surface area contributed by atoms with E-state index in [1.165, 1.54) is 81.8 Å². The first kappa shape index (κ1) is 26.2. The molecule has 2 saturated carbocycles. The lowest BCUT2D eigenvalue weighted by molar-refractivity contribution is 0.449. The molecule has 2 fully saturated rings. The third-order valence-electron chi connectivity index (χ3n) is 9.29. The lowest BCUT2D eigenvalue weighted by atomic mass is 9.73. The molecule has 1 heteroatoms. The van der Waals surface area contributed by atoms with Gasteiger partial charge < -0.3 is 0 Å². The van der Waals surface area contributed by atoms with Gasteiger partial charge in [0, 0.05) is 5.16 Å². The molecular weight excluding hydrogens is 427 g/mol. The van der Waals surface area contributed by atoms with Gasteiger partial charge in [-0.25, -0.2) is 0 Å². The van der Waals surface area contributed by atoms with E-state index in [1.807, 2.05) is 0 Å². The quantitative estimate of drug-likeness (QED) is 0.342. The fourth-order valence-electron chi connectivity index (χ4n) is 7.46. The summed E-state index contributed by atoms with van der Waals surface area (Å²) in [5, 5.41) is 0.326. The van der Waals surface area contributed by atoms with Crippen LogP contribution in [0.5, 0.6) is 0 Å². The summed E-state index contributed by atoms with van der Waals surface area (Å²) in [4.78, 5) is 0. The Kier molecular flexibility index (Phi) is 8.83. The predicted molar refractivity (Wildman–Crippen MR) is 154 cm³/mol. The molecule has 4 rings (SSSR count). The van der Waals surface area contributed by atoms with Gasteiger partial charge in [0.1, 0.15) is 0 Å². The van der Waals surface area contributed by atoms with Crippen molar-refractivity contribution in [1.82, 2.24) is 0 Å². The van der Waals surface area contributed by atoms with Crippen LogP contribution in [-0.4, -0.2) is 16.5 Å². The predicted octanol–water partition coefficient (Wildman–Crippen LogP) is 10.7. The Labute approximate surface area is 212 Å². The van der Waals surface area contributed by atoms with E-state index in [1.54, 1.807) is 11.1 Å². The highest BCUT2D eigenvalue weighted by Crippen LogP contribution is 2.72. The molecule has 188 valence electrons. The van der Waals surface area contributed by atoms with Gasteiger partial charge in [-0.15, -0.1) is 0 Å².